The SMILES string of the molecule is CCc1ccc(NC(=O)CCCN(c2ccccc2)S(C)(=O)=O)cc1. The number of anilines is 2. The molecule has 0 bridgehead atoms. The lowest BCUT2D eigenvalue weighted by atomic mass is 10.1. The van der Waals surface area contributed by atoms with Gasteiger partial charge in [0.1, 0.15) is 0 Å². The molecule has 1 amide bonds. The Hall–Kier alpha value is -2.34. The van der Waals surface area contributed by atoms with Crippen molar-refractivity contribution in [3.8, 4) is 0 Å². The lowest BCUT2D eigenvalue weighted by Gasteiger charge is -2.22. The third-order valence-corrected chi connectivity index (χ3v) is 5.05. The van der Waals surface area contributed by atoms with Gasteiger partial charge in [-0.3, -0.25) is 9.10 Å². The summed E-state index contributed by atoms with van der Waals surface area (Å²) in [5, 5.41) is 2.84. The Balaban J connectivity index is 1.89. The zero-order valence-corrected chi connectivity index (χ0v) is 15.4. The molecular weight excluding hydrogens is 336 g/mol. The molecule has 0 saturated carbocycles. The monoisotopic (exact) mass is 360 g/mol. The van der Waals surface area contributed by atoms with Gasteiger partial charge >= 0.3 is 0 Å². The van der Waals surface area contributed by atoms with Gasteiger partial charge in [0.05, 0.1) is 11.9 Å². The first-order valence-corrected chi connectivity index (χ1v) is 10.2. The number of nitrogens with zero attached hydrogens (tertiary/aromatic N) is 1. The van der Waals surface area contributed by atoms with Gasteiger partial charge in [-0.25, -0.2) is 8.42 Å². The molecule has 0 aliphatic rings. The van der Waals surface area contributed by atoms with Gasteiger partial charge in [0.15, 0.2) is 0 Å². The minimum absolute atomic E-state index is 0.120. The summed E-state index contributed by atoms with van der Waals surface area (Å²) in [6, 6.07) is 16.6. The molecule has 0 radical (unpaired) electrons. The van der Waals surface area contributed by atoms with Crippen LogP contribution in [-0.2, 0) is 21.2 Å². The van der Waals surface area contributed by atoms with Crippen molar-refractivity contribution in [1.29, 1.82) is 0 Å². The first-order valence-electron chi connectivity index (χ1n) is 8.31. The van der Waals surface area contributed by atoms with Crippen LogP contribution in [0.5, 0.6) is 0 Å². The van der Waals surface area contributed by atoms with Crippen LogP contribution in [0.1, 0.15) is 25.3 Å². The highest BCUT2D eigenvalue weighted by Crippen LogP contribution is 2.17. The second kappa shape index (κ2) is 8.67. The standard InChI is InChI=1S/C19H24N2O3S/c1-3-16-11-13-17(14-12-16)20-19(22)10-7-15-21(25(2,23)24)18-8-5-4-6-9-18/h4-6,8-9,11-14H,3,7,10,15H2,1-2H3,(H,20,22). The molecule has 0 aromatic heterocycles. The number of hydrogen-bond acceptors (Lipinski definition) is 3. The fourth-order valence-electron chi connectivity index (χ4n) is 2.51. The van der Waals surface area contributed by atoms with Crippen LogP contribution in [0.25, 0.3) is 0 Å². The number of benzene rings is 2. The molecule has 0 fully saturated rings. The van der Waals surface area contributed by atoms with E-state index >= 15 is 0 Å². The summed E-state index contributed by atoms with van der Waals surface area (Å²) >= 11 is 0. The Morgan fingerprint density at radius 2 is 1.68 bits per heavy atom. The molecule has 1 N–H and O–H groups in total. The molecule has 0 aliphatic heterocycles. The Morgan fingerprint density at radius 1 is 1.04 bits per heavy atom. The van der Waals surface area contributed by atoms with Gasteiger partial charge < -0.3 is 5.32 Å². The van der Waals surface area contributed by atoms with Crippen molar-refractivity contribution in [1.82, 2.24) is 0 Å². The number of aryl methyl sites for hydroxylation is 1. The predicted octanol–water partition coefficient (Wildman–Crippen LogP) is 3.43. The van der Waals surface area contributed by atoms with E-state index in [-0.39, 0.29) is 18.9 Å². The van der Waals surface area contributed by atoms with Crippen molar-refractivity contribution in [2.45, 2.75) is 26.2 Å². The van der Waals surface area contributed by atoms with Crippen LogP contribution in [0, 0.1) is 0 Å². The van der Waals surface area contributed by atoms with E-state index in [2.05, 4.69) is 12.2 Å². The number of hydrogen-bond donors (Lipinski definition) is 1. The van der Waals surface area contributed by atoms with E-state index in [0.29, 0.717) is 12.1 Å². The Kier molecular flexibility index (Phi) is 6.58. The Morgan fingerprint density at radius 3 is 2.24 bits per heavy atom. The zero-order valence-electron chi connectivity index (χ0n) is 14.6. The van der Waals surface area contributed by atoms with Crippen molar-refractivity contribution in [2.24, 2.45) is 0 Å². The largest absolute Gasteiger partial charge is 0.326 e. The molecule has 0 aliphatic carbocycles. The summed E-state index contributed by atoms with van der Waals surface area (Å²) < 4.78 is 25.3. The van der Waals surface area contributed by atoms with E-state index in [1.54, 1.807) is 24.3 Å². The maximum absolute atomic E-state index is 12.1. The molecular formula is C19H24N2O3S. The number of rotatable bonds is 8. The van der Waals surface area contributed by atoms with E-state index in [4.69, 9.17) is 0 Å². The van der Waals surface area contributed by atoms with Crippen LogP contribution in [0.4, 0.5) is 11.4 Å². The molecule has 25 heavy (non-hydrogen) atoms. The van der Waals surface area contributed by atoms with Crippen LogP contribution in [0.2, 0.25) is 0 Å². The smallest absolute Gasteiger partial charge is 0.232 e. The maximum Gasteiger partial charge on any atom is 0.232 e. The van der Waals surface area contributed by atoms with Crippen molar-refractivity contribution >= 4 is 27.3 Å². The molecule has 2 rings (SSSR count). The van der Waals surface area contributed by atoms with Crippen molar-refractivity contribution < 1.29 is 13.2 Å². The predicted molar refractivity (Wildman–Crippen MR) is 102 cm³/mol. The summed E-state index contributed by atoms with van der Waals surface area (Å²) in [5.41, 5.74) is 2.58. The second-order valence-electron chi connectivity index (χ2n) is 5.87. The summed E-state index contributed by atoms with van der Waals surface area (Å²) in [4.78, 5) is 12.1. The summed E-state index contributed by atoms with van der Waals surface area (Å²) in [7, 11) is -3.38. The lowest BCUT2D eigenvalue weighted by Crippen LogP contribution is -2.31. The molecule has 134 valence electrons. The molecule has 5 nitrogen and oxygen atoms in total. The number of para-hydroxylation sites is 1. The van der Waals surface area contributed by atoms with Crippen molar-refractivity contribution in [3.05, 3.63) is 60.2 Å². The van der Waals surface area contributed by atoms with Gasteiger partial charge in [0.25, 0.3) is 0 Å². The van der Waals surface area contributed by atoms with Gasteiger partial charge in [-0.2, -0.15) is 0 Å². The third-order valence-electron chi connectivity index (χ3n) is 3.86. The number of nitrogens with one attached hydrogen (secondary N) is 1. The fourth-order valence-corrected chi connectivity index (χ4v) is 3.48. The molecule has 0 spiro atoms. The highest BCUT2D eigenvalue weighted by atomic mass is 32.2. The number of carbonyl (C=O) groups is 1. The van der Waals surface area contributed by atoms with Gasteiger partial charge in [-0.1, -0.05) is 37.3 Å². The Labute approximate surface area is 149 Å². The summed E-state index contributed by atoms with van der Waals surface area (Å²) in [6.07, 6.45) is 2.83. The van der Waals surface area contributed by atoms with Crippen LogP contribution < -0.4 is 9.62 Å². The molecule has 6 heteroatoms. The van der Waals surface area contributed by atoms with Gasteiger partial charge in [-0.15, -0.1) is 0 Å². The average molecular weight is 360 g/mol. The van der Waals surface area contributed by atoms with E-state index < -0.39 is 10.0 Å². The lowest BCUT2D eigenvalue weighted by molar-refractivity contribution is -0.116. The molecule has 0 atom stereocenters. The zero-order chi connectivity index (χ0) is 18.3. The normalized spacial score (nSPS) is 11.1. The average Bonchev–Trinajstić information content (AvgIpc) is 2.59. The highest BCUT2D eigenvalue weighted by Gasteiger charge is 2.17. The summed E-state index contributed by atoms with van der Waals surface area (Å²) in [6.45, 7) is 2.35. The maximum atomic E-state index is 12.1. The van der Waals surface area contributed by atoms with Gasteiger partial charge in [0.2, 0.25) is 15.9 Å². The van der Waals surface area contributed by atoms with Crippen molar-refractivity contribution in [3.63, 3.8) is 0 Å². The van der Waals surface area contributed by atoms with Gasteiger partial charge in [-0.05, 0) is 42.7 Å². The van der Waals surface area contributed by atoms with E-state index in [1.807, 2.05) is 30.3 Å². The molecule has 0 saturated heterocycles. The van der Waals surface area contributed by atoms with E-state index in [9.17, 15) is 13.2 Å². The molecule has 2 aromatic carbocycles. The van der Waals surface area contributed by atoms with E-state index in [1.165, 1.54) is 16.1 Å². The summed E-state index contributed by atoms with van der Waals surface area (Å²) in [5.74, 6) is -0.120. The quantitative estimate of drug-likeness (QED) is 0.784. The van der Waals surface area contributed by atoms with Crippen LogP contribution in [0.3, 0.4) is 0 Å². The van der Waals surface area contributed by atoms with E-state index in [0.717, 1.165) is 12.1 Å². The molecule has 0 unspecified atom stereocenters. The van der Waals surface area contributed by atoms with Crippen molar-refractivity contribution in [2.75, 3.05) is 22.4 Å². The number of carbonyl (C=O) groups excluding carboxylic acids is 1. The highest BCUT2D eigenvalue weighted by molar-refractivity contribution is 7.92. The molecule has 0 heterocycles. The third kappa shape index (κ3) is 5.90. The fraction of sp³-hybridized carbons (Fsp3) is 0.316. The molecule has 2 aromatic rings. The minimum Gasteiger partial charge on any atom is -0.326 e. The van der Waals surface area contributed by atoms with Crippen LogP contribution in [0.15, 0.2) is 54.6 Å². The van der Waals surface area contributed by atoms with Crippen LogP contribution >= 0.6 is 0 Å². The first kappa shape index (κ1) is 19.0. The van der Waals surface area contributed by atoms with Crippen LogP contribution in [-0.4, -0.2) is 27.1 Å². The Bertz CT molecular complexity index is 787. The second-order valence-corrected chi connectivity index (χ2v) is 7.78. The van der Waals surface area contributed by atoms with Gasteiger partial charge in [0, 0.05) is 18.7 Å². The topological polar surface area (TPSA) is 66.5 Å². The number of amides is 1. The first-order chi connectivity index (χ1) is 11.9. The minimum atomic E-state index is -3.38. The number of sulfonamides is 1.